The zero-order valence-corrected chi connectivity index (χ0v) is 11.4. The highest BCUT2D eigenvalue weighted by Gasteiger charge is 2.04. The van der Waals surface area contributed by atoms with Crippen molar-refractivity contribution in [2.24, 2.45) is 7.05 Å². The van der Waals surface area contributed by atoms with Crippen molar-refractivity contribution < 1.29 is 4.74 Å². The van der Waals surface area contributed by atoms with Crippen LogP contribution < -0.4 is 10.1 Å². The molecule has 2 rings (SSSR count). The van der Waals surface area contributed by atoms with Crippen molar-refractivity contribution in [1.29, 1.82) is 0 Å². The number of rotatable bonds is 7. The molecule has 98 valence electrons. The molecule has 0 unspecified atom stereocenters. The van der Waals surface area contributed by atoms with E-state index in [1.807, 2.05) is 5.38 Å². The minimum atomic E-state index is 0.385. The third-order valence-electron chi connectivity index (χ3n) is 2.23. The van der Waals surface area contributed by atoms with Crippen molar-refractivity contribution in [1.82, 2.24) is 25.1 Å². The highest BCUT2D eigenvalue weighted by Crippen LogP contribution is 2.11. The van der Waals surface area contributed by atoms with Crippen LogP contribution in [-0.2, 0) is 20.2 Å². The molecule has 2 aromatic heterocycles. The third-order valence-corrected chi connectivity index (χ3v) is 3.13. The number of hydrogen-bond donors (Lipinski definition) is 1. The van der Waals surface area contributed by atoms with Crippen molar-refractivity contribution in [2.75, 3.05) is 6.54 Å². The van der Waals surface area contributed by atoms with E-state index in [4.69, 9.17) is 4.74 Å². The average molecular weight is 267 g/mol. The summed E-state index contributed by atoms with van der Waals surface area (Å²) in [5.74, 6) is 0. The fourth-order valence-corrected chi connectivity index (χ4v) is 2.14. The lowest BCUT2D eigenvalue weighted by Gasteiger charge is -1.99. The number of nitrogens with one attached hydrogen (secondary N) is 1. The van der Waals surface area contributed by atoms with Crippen LogP contribution in [0.4, 0.5) is 0 Å². The van der Waals surface area contributed by atoms with E-state index in [-0.39, 0.29) is 0 Å². The van der Waals surface area contributed by atoms with Crippen molar-refractivity contribution in [2.45, 2.75) is 26.5 Å². The number of hydrogen-bond acceptors (Lipinski definition) is 6. The summed E-state index contributed by atoms with van der Waals surface area (Å²) in [4.78, 5) is 8.46. The molecule has 0 fully saturated rings. The second kappa shape index (κ2) is 6.46. The first-order chi connectivity index (χ1) is 8.78. The second-order valence-electron chi connectivity index (χ2n) is 3.90. The Morgan fingerprint density at radius 3 is 3.11 bits per heavy atom. The summed E-state index contributed by atoms with van der Waals surface area (Å²) in [7, 11) is 1.81. The predicted molar refractivity (Wildman–Crippen MR) is 69.4 cm³/mol. The van der Waals surface area contributed by atoms with Gasteiger partial charge < -0.3 is 10.1 Å². The highest BCUT2D eigenvalue weighted by molar-refractivity contribution is 7.09. The monoisotopic (exact) mass is 267 g/mol. The smallest absolute Gasteiger partial charge is 0.335 e. The molecular formula is C11H17N5OS. The molecule has 2 heterocycles. The van der Waals surface area contributed by atoms with Crippen LogP contribution in [0.2, 0.25) is 0 Å². The minimum Gasteiger partial charge on any atom is -0.456 e. The summed E-state index contributed by atoms with van der Waals surface area (Å²) in [6, 6.07) is 0.385. The molecule has 0 aliphatic heterocycles. The fourth-order valence-electron chi connectivity index (χ4n) is 1.39. The molecule has 0 radical (unpaired) electrons. The van der Waals surface area contributed by atoms with E-state index < -0.39 is 0 Å². The Hall–Kier alpha value is -1.47. The number of thiazole rings is 1. The van der Waals surface area contributed by atoms with Crippen LogP contribution in [-0.4, -0.2) is 26.3 Å². The Morgan fingerprint density at radius 1 is 1.50 bits per heavy atom. The Bertz CT molecular complexity index is 481. The van der Waals surface area contributed by atoms with Gasteiger partial charge in [-0.25, -0.2) is 4.98 Å². The summed E-state index contributed by atoms with van der Waals surface area (Å²) in [5.41, 5.74) is 0.917. The molecule has 0 aromatic carbocycles. The molecule has 0 saturated carbocycles. The Labute approximate surface area is 110 Å². The predicted octanol–water partition coefficient (Wildman–Crippen LogP) is 1.35. The van der Waals surface area contributed by atoms with Gasteiger partial charge in [0.15, 0.2) is 0 Å². The van der Waals surface area contributed by atoms with Gasteiger partial charge in [-0.3, -0.25) is 4.68 Å². The topological polar surface area (TPSA) is 64.9 Å². The van der Waals surface area contributed by atoms with Gasteiger partial charge in [-0.05, 0) is 13.0 Å². The summed E-state index contributed by atoms with van der Waals surface area (Å²) >= 11 is 1.64. The van der Waals surface area contributed by atoms with Gasteiger partial charge in [0, 0.05) is 19.0 Å². The van der Waals surface area contributed by atoms with Crippen molar-refractivity contribution in [3.8, 4) is 6.01 Å². The van der Waals surface area contributed by atoms with E-state index in [1.54, 1.807) is 29.4 Å². The Balaban J connectivity index is 1.79. The fraction of sp³-hybridized carbons (Fsp3) is 0.545. The molecular weight excluding hydrogens is 250 g/mol. The first-order valence-corrected chi connectivity index (χ1v) is 6.78. The zero-order chi connectivity index (χ0) is 12.8. The minimum absolute atomic E-state index is 0.385. The second-order valence-corrected chi connectivity index (χ2v) is 4.84. The van der Waals surface area contributed by atoms with Gasteiger partial charge in [0.1, 0.15) is 17.9 Å². The van der Waals surface area contributed by atoms with E-state index >= 15 is 0 Å². The Morgan fingerprint density at radius 2 is 2.39 bits per heavy atom. The van der Waals surface area contributed by atoms with Crippen LogP contribution >= 0.6 is 11.3 Å². The van der Waals surface area contributed by atoms with E-state index in [0.717, 1.165) is 30.2 Å². The molecule has 0 aliphatic carbocycles. The zero-order valence-electron chi connectivity index (χ0n) is 10.6. The van der Waals surface area contributed by atoms with Crippen LogP contribution in [0, 0.1) is 0 Å². The maximum absolute atomic E-state index is 5.43. The molecule has 7 heteroatoms. The van der Waals surface area contributed by atoms with E-state index in [0.29, 0.717) is 12.6 Å². The molecule has 18 heavy (non-hydrogen) atoms. The first-order valence-electron chi connectivity index (χ1n) is 5.90. The van der Waals surface area contributed by atoms with Gasteiger partial charge in [-0.15, -0.1) is 16.4 Å². The molecule has 0 amide bonds. The van der Waals surface area contributed by atoms with Gasteiger partial charge in [0.05, 0.1) is 5.69 Å². The SMILES string of the molecule is CCCNCc1nc(COc2ncn(C)n2)cs1. The molecule has 0 bridgehead atoms. The van der Waals surface area contributed by atoms with Crippen LogP contribution in [0.15, 0.2) is 11.7 Å². The van der Waals surface area contributed by atoms with E-state index in [1.165, 1.54) is 0 Å². The lowest BCUT2D eigenvalue weighted by Crippen LogP contribution is -2.13. The lowest BCUT2D eigenvalue weighted by molar-refractivity contribution is 0.276. The van der Waals surface area contributed by atoms with Crippen molar-refractivity contribution in [3.05, 3.63) is 22.4 Å². The number of nitrogens with zero attached hydrogens (tertiary/aromatic N) is 4. The summed E-state index contributed by atoms with van der Waals surface area (Å²) in [6.45, 7) is 4.39. The molecule has 2 aromatic rings. The standard InChI is InChI=1S/C11H17N5OS/c1-3-4-12-5-10-14-9(7-18-10)6-17-11-13-8-16(2)15-11/h7-8,12H,3-6H2,1-2H3. The molecule has 0 saturated heterocycles. The number of ether oxygens (including phenoxy) is 1. The molecule has 0 spiro atoms. The van der Waals surface area contributed by atoms with Gasteiger partial charge in [0.2, 0.25) is 0 Å². The lowest BCUT2D eigenvalue weighted by atomic mass is 10.5. The van der Waals surface area contributed by atoms with Crippen LogP contribution in [0.25, 0.3) is 0 Å². The van der Waals surface area contributed by atoms with Crippen LogP contribution in [0.1, 0.15) is 24.0 Å². The van der Waals surface area contributed by atoms with Crippen molar-refractivity contribution >= 4 is 11.3 Å². The summed E-state index contributed by atoms with van der Waals surface area (Å²) < 4.78 is 7.04. The first kappa shape index (κ1) is 13.0. The summed E-state index contributed by atoms with van der Waals surface area (Å²) in [5, 5.41) is 10.4. The maximum atomic E-state index is 5.43. The average Bonchev–Trinajstić information content (AvgIpc) is 2.96. The number of aromatic nitrogens is 4. The van der Waals surface area contributed by atoms with Crippen LogP contribution in [0.3, 0.4) is 0 Å². The third kappa shape index (κ3) is 3.78. The highest BCUT2D eigenvalue weighted by atomic mass is 32.1. The quantitative estimate of drug-likeness (QED) is 0.767. The van der Waals surface area contributed by atoms with E-state index in [2.05, 4.69) is 27.3 Å². The largest absolute Gasteiger partial charge is 0.456 e. The van der Waals surface area contributed by atoms with Gasteiger partial charge in [0.25, 0.3) is 0 Å². The molecule has 0 aliphatic rings. The molecule has 6 nitrogen and oxygen atoms in total. The van der Waals surface area contributed by atoms with E-state index in [9.17, 15) is 0 Å². The normalized spacial score (nSPS) is 10.8. The number of aryl methyl sites for hydroxylation is 1. The molecule has 1 N–H and O–H groups in total. The van der Waals surface area contributed by atoms with Gasteiger partial charge >= 0.3 is 6.01 Å². The summed E-state index contributed by atoms with van der Waals surface area (Å²) in [6.07, 6.45) is 2.74. The Kier molecular flexibility index (Phi) is 4.66. The molecule has 0 atom stereocenters. The maximum Gasteiger partial charge on any atom is 0.335 e. The van der Waals surface area contributed by atoms with Crippen LogP contribution in [0.5, 0.6) is 6.01 Å². The van der Waals surface area contributed by atoms with Gasteiger partial charge in [-0.2, -0.15) is 4.98 Å². The van der Waals surface area contributed by atoms with Crippen molar-refractivity contribution in [3.63, 3.8) is 0 Å². The van der Waals surface area contributed by atoms with Gasteiger partial charge in [-0.1, -0.05) is 6.92 Å².